The highest BCUT2D eigenvalue weighted by atomic mass is 16.2. The van der Waals surface area contributed by atoms with Gasteiger partial charge in [0.25, 0.3) is 0 Å². The number of benzene rings is 2. The van der Waals surface area contributed by atoms with Crippen LogP contribution in [-0.4, -0.2) is 18.4 Å². The minimum Gasteiger partial charge on any atom is -0.376 e. The van der Waals surface area contributed by atoms with Crippen LogP contribution in [0.5, 0.6) is 0 Å². The predicted molar refractivity (Wildman–Crippen MR) is 103 cm³/mol. The number of anilines is 3. The van der Waals surface area contributed by atoms with Gasteiger partial charge in [0.05, 0.1) is 6.54 Å². The van der Waals surface area contributed by atoms with Crippen molar-refractivity contribution in [3.8, 4) is 0 Å². The van der Waals surface area contributed by atoms with Crippen LogP contribution in [-0.2, 0) is 9.59 Å². The maximum absolute atomic E-state index is 12.2. The first kappa shape index (κ1) is 18.5. The molecule has 0 fully saturated rings. The SMILES string of the molecule is CCC(=O)Nc1cc(NC(=O)CNc2c(C)cccc2C)ccc1C. The van der Waals surface area contributed by atoms with Crippen molar-refractivity contribution in [1.82, 2.24) is 0 Å². The molecule has 0 spiro atoms. The maximum Gasteiger partial charge on any atom is 0.243 e. The summed E-state index contributed by atoms with van der Waals surface area (Å²) in [7, 11) is 0. The first-order valence-electron chi connectivity index (χ1n) is 8.41. The van der Waals surface area contributed by atoms with Gasteiger partial charge in [0.2, 0.25) is 11.8 Å². The van der Waals surface area contributed by atoms with Crippen LogP contribution in [0.3, 0.4) is 0 Å². The molecule has 0 heterocycles. The van der Waals surface area contributed by atoms with Crippen molar-refractivity contribution in [3.05, 3.63) is 53.1 Å². The lowest BCUT2D eigenvalue weighted by Gasteiger charge is -2.14. The molecule has 2 rings (SSSR count). The van der Waals surface area contributed by atoms with Gasteiger partial charge < -0.3 is 16.0 Å². The number of hydrogen-bond donors (Lipinski definition) is 3. The number of carbonyl (C=O) groups is 2. The molecule has 0 radical (unpaired) electrons. The highest BCUT2D eigenvalue weighted by molar-refractivity contribution is 5.96. The van der Waals surface area contributed by atoms with Gasteiger partial charge in [-0.05, 0) is 49.6 Å². The molecule has 25 heavy (non-hydrogen) atoms. The van der Waals surface area contributed by atoms with E-state index in [1.807, 2.05) is 51.1 Å². The highest BCUT2D eigenvalue weighted by Crippen LogP contribution is 2.21. The highest BCUT2D eigenvalue weighted by Gasteiger charge is 2.08. The van der Waals surface area contributed by atoms with E-state index in [4.69, 9.17) is 0 Å². The Labute approximate surface area is 148 Å². The van der Waals surface area contributed by atoms with E-state index in [2.05, 4.69) is 16.0 Å². The molecule has 3 N–H and O–H groups in total. The second-order valence-electron chi connectivity index (χ2n) is 6.10. The zero-order chi connectivity index (χ0) is 18.4. The summed E-state index contributed by atoms with van der Waals surface area (Å²) in [6, 6.07) is 11.5. The third kappa shape index (κ3) is 5.08. The molecule has 2 amide bonds. The van der Waals surface area contributed by atoms with Crippen LogP contribution in [0.1, 0.15) is 30.0 Å². The Hall–Kier alpha value is -2.82. The number of hydrogen-bond acceptors (Lipinski definition) is 3. The Morgan fingerprint density at radius 2 is 1.56 bits per heavy atom. The predicted octanol–water partition coefficient (Wildman–Crippen LogP) is 4.01. The van der Waals surface area contributed by atoms with Crippen LogP contribution in [0.25, 0.3) is 0 Å². The summed E-state index contributed by atoms with van der Waals surface area (Å²) in [6.07, 6.45) is 0.412. The first-order chi connectivity index (χ1) is 11.9. The summed E-state index contributed by atoms with van der Waals surface area (Å²) >= 11 is 0. The summed E-state index contributed by atoms with van der Waals surface area (Å²) in [5.41, 5.74) is 5.52. The van der Waals surface area contributed by atoms with Crippen LogP contribution >= 0.6 is 0 Å². The van der Waals surface area contributed by atoms with E-state index in [1.54, 1.807) is 13.0 Å². The van der Waals surface area contributed by atoms with Crippen molar-refractivity contribution >= 4 is 28.9 Å². The fourth-order valence-electron chi connectivity index (χ4n) is 2.54. The molecule has 5 nitrogen and oxygen atoms in total. The fraction of sp³-hybridized carbons (Fsp3) is 0.300. The average Bonchev–Trinajstić information content (AvgIpc) is 2.57. The normalized spacial score (nSPS) is 10.2. The molecular formula is C20H25N3O2. The maximum atomic E-state index is 12.2. The number of nitrogens with one attached hydrogen (secondary N) is 3. The molecule has 0 bridgehead atoms. The first-order valence-corrected chi connectivity index (χ1v) is 8.41. The van der Waals surface area contributed by atoms with Crippen LogP contribution in [0.15, 0.2) is 36.4 Å². The molecule has 5 heteroatoms. The zero-order valence-electron chi connectivity index (χ0n) is 15.2. The standard InChI is InChI=1S/C20H25N3O2/c1-5-18(24)23-17-11-16(10-9-13(17)2)22-19(25)12-21-20-14(3)7-6-8-15(20)4/h6-11,21H,5,12H2,1-4H3,(H,22,25)(H,23,24). The lowest BCUT2D eigenvalue weighted by Crippen LogP contribution is -2.22. The molecule has 0 atom stereocenters. The third-order valence-electron chi connectivity index (χ3n) is 4.02. The molecule has 0 aliphatic carbocycles. The Kier molecular flexibility index (Phi) is 6.17. The minimum atomic E-state index is -0.140. The summed E-state index contributed by atoms with van der Waals surface area (Å²) in [6.45, 7) is 7.91. The lowest BCUT2D eigenvalue weighted by atomic mass is 10.1. The topological polar surface area (TPSA) is 70.2 Å². The molecule has 0 unspecified atom stereocenters. The van der Waals surface area contributed by atoms with E-state index in [9.17, 15) is 9.59 Å². The van der Waals surface area contributed by atoms with E-state index in [0.717, 1.165) is 22.4 Å². The van der Waals surface area contributed by atoms with Crippen molar-refractivity contribution in [2.45, 2.75) is 34.1 Å². The zero-order valence-corrected chi connectivity index (χ0v) is 15.2. The Morgan fingerprint density at radius 3 is 2.20 bits per heavy atom. The van der Waals surface area contributed by atoms with E-state index >= 15 is 0 Å². The monoisotopic (exact) mass is 339 g/mol. The second-order valence-corrected chi connectivity index (χ2v) is 6.10. The van der Waals surface area contributed by atoms with E-state index < -0.39 is 0 Å². The van der Waals surface area contributed by atoms with Gasteiger partial charge in [-0.25, -0.2) is 0 Å². The number of rotatable bonds is 6. The van der Waals surface area contributed by atoms with Crippen LogP contribution in [0.2, 0.25) is 0 Å². The van der Waals surface area contributed by atoms with Gasteiger partial charge in [-0.2, -0.15) is 0 Å². The summed E-state index contributed by atoms with van der Waals surface area (Å²) < 4.78 is 0. The van der Waals surface area contributed by atoms with Crippen molar-refractivity contribution < 1.29 is 9.59 Å². The molecule has 2 aromatic rings. The molecule has 0 saturated heterocycles. The van der Waals surface area contributed by atoms with Crippen molar-refractivity contribution in [1.29, 1.82) is 0 Å². The van der Waals surface area contributed by atoms with Crippen LogP contribution in [0.4, 0.5) is 17.1 Å². The number of aryl methyl sites for hydroxylation is 3. The lowest BCUT2D eigenvalue weighted by molar-refractivity contribution is -0.116. The van der Waals surface area contributed by atoms with Gasteiger partial charge in [-0.3, -0.25) is 9.59 Å². The third-order valence-corrected chi connectivity index (χ3v) is 4.02. The van der Waals surface area contributed by atoms with E-state index in [-0.39, 0.29) is 18.4 Å². The molecule has 132 valence electrons. The Bertz CT molecular complexity index is 764. The number of carbonyl (C=O) groups excluding carboxylic acids is 2. The van der Waals surface area contributed by atoms with Crippen molar-refractivity contribution in [3.63, 3.8) is 0 Å². The molecule has 2 aromatic carbocycles. The Morgan fingerprint density at radius 1 is 0.880 bits per heavy atom. The largest absolute Gasteiger partial charge is 0.376 e. The van der Waals surface area contributed by atoms with E-state index in [1.165, 1.54) is 0 Å². The van der Waals surface area contributed by atoms with Gasteiger partial charge in [-0.1, -0.05) is 31.2 Å². The summed E-state index contributed by atoms with van der Waals surface area (Å²) in [5, 5.41) is 8.88. The van der Waals surface area contributed by atoms with Gasteiger partial charge in [-0.15, -0.1) is 0 Å². The smallest absolute Gasteiger partial charge is 0.243 e. The molecule has 0 saturated carbocycles. The summed E-state index contributed by atoms with van der Waals surface area (Å²) in [4.78, 5) is 23.8. The summed E-state index contributed by atoms with van der Waals surface area (Å²) in [5.74, 6) is -0.192. The Balaban J connectivity index is 2.01. The van der Waals surface area contributed by atoms with Gasteiger partial charge >= 0.3 is 0 Å². The van der Waals surface area contributed by atoms with Crippen molar-refractivity contribution in [2.75, 3.05) is 22.5 Å². The quantitative estimate of drug-likeness (QED) is 0.745. The van der Waals surface area contributed by atoms with Crippen LogP contribution in [0, 0.1) is 20.8 Å². The minimum absolute atomic E-state index is 0.0525. The van der Waals surface area contributed by atoms with Crippen molar-refractivity contribution in [2.24, 2.45) is 0 Å². The molecule has 0 aliphatic rings. The van der Waals surface area contributed by atoms with E-state index in [0.29, 0.717) is 17.8 Å². The molecular weight excluding hydrogens is 314 g/mol. The number of amides is 2. The second kappa shape index (κ2) is 8.33. The molecule has 0 aliphatic heterocycles. The van der Waals surface area contributed by atoms with Crippen LogP contribution < -0.4 is 16.0 Å². The van der Waals surface area contributed by atoms with Gasteiger partial charge in [0.1, 0.15) is 0 Å². The fourth-order valence-corrected chi connectivity index (χ4v) is 2.54. The average molecular weight is 339 g/mol. The number of para-hydroxylation sites is 1. The van der Waals surface area contributed by atoms with Gasteiger partial charge in [0.15, 0.2) is 0 Å². The molecule has 0 aromatic heterocycles. The van der Waals surface area contributed by atoms with Gasteiger partial charge in [0, 0.05) is 23.5 Å².